The second-order valence-corrected chi connectivity index (χ2v) is 7.44. The Morgan fingerprint density at radius 1 is 1.14 bits per heavy atom. The number of benzene rings is 1. The molecular formula is C21H25N3O4. The molecule has 2 fully saturated rings. The molecule has 28 heavy (non-hydrogen) atoms. The van der Waals surface area contributed by atoms with Gasteiger partial charge in [-0.15, -0.1) is 0 Å². The molecule has 1 atom stereocenters. The van der Waals surface area contributed by atoms with Crippen LogP contribution in [-0.2, 0) is 20.9 Å². The highest BCUT2D eigenvalue weighted by Gasteiger charge is 2.37. The Morgan fingerprint density at radius 2 is 1.89 bits per heavy atom. The van der Waals surface area contributed by atoms with Crippen molar-refractivity contribution in [3.05, 3.63) is 46.2 Å². The number of carbonyl (C=O) groups is 2. The number of likely N-dealkylation sites (tertiary alicyclic amines) is 1. The summed E-state index contributed by atoms with van der Waals surface area (Å²) in [6.45, 7) is 4.82. The molecule has 7 nitrogen and oxygen atoms in total. The molecule has 2 saturated heterocycles. The van der Waals surface area contributed by atoms with Gasteiger partial charge in [-0.2, -0.15) is 0 Å². The van der Waals surface area contributed by atoms with Crippen molar-refractivity contribution in [1.29, 1.82) is 0 Å². The fourth-order valence-electron chi connectivity index (χ4n) is 4.21. The number of nitrogens with zero attached hydrogens (tertiary/aromatic N) is 3. The maximum absolute atomic E-state index is 13.1. The lowest BCUT2D eigenvalue weighted by molar-refractivity contribution is -0.146. The summed E-state index contributed by atoms with van der Waals surface area (Å²) in [5.41, 5.74) is 1.45. The molecule has 7 heteroatoms. The average Bonchev–Trinajstić information content (AvgIpc) is 3.21. The first-order valence-electron chi connectivity index (χ1n) is 9.81. The second kappa shape index (κ2) is 7.75. The highest BCUT2D eigenvalue weighted by Crippen LogP contribution is 2.22. The molecule has 1 aromatic heterocycles. The monoisotopic (exact) mass is 383 g/mol. The minimum Gasteiger partial charge on any atom is -0.378 e. The molecule has 0 N–H and O–H groups in total. The second-order valence-electron chi connectivity index (χ2n) is 7.44. The minimum absolute atomic E-state index is 0.0237. The van der Waals surface area contributed by atoms with Gasteiger partial charge in [0.25, 0.3) is 0 Å². The van der Waals surface area contributed by atoms with E-state index in [0.29, 0.717) is 44.7 Å². The van der Waals surface area contributed by atoms with E-state index in [-0.39, 0.29) is 23.8 Å². The lowest BCUT2D eigenvalue weighted by Crippen LogP contribution is -2.51. The molecule has 0 aliphatic carbocycles. The number of para-hydroxylation sites is 1. The number of rotatable bonds is 3. The summed E-state index contributed by atoms with van der Waals surface area (Å²) in [5.74, 6) is -0.0587. The van der Waals surface area contributed by atoms with Crippen LogP contribution in [0.3, 0.4) is 0 Å². The molecule has 4 rings (SSSR count). The molecule has 148 valence electrons. The third-order valence-corrected chi connectivity index (χ3v) is 5.70. The van der Waals surface area contributed by atoms with Crippen LogP contribution in [0.4, 0.5) is 0 Å². The summed E-state index contributed by atoms with van der Waals surface area (Å²) in [6.07, 6.45) is 1.53. The van der Waals surface area contributed by atoms with Crippen molar-refractivity contribution < 1.29 is 14.3 Å². The first-order valence-corrected chi connectivity index (χ1v) is 9.81. The standard InChI is InChI=1S/C21H25N3O4/c1-15-13-19(25)16-5-2-3-6-17(16)24(15)14-20(26)23-8-4-7-18(23)21(27)22-9-11-28-12-10-22/h2-3,5-6,13,18H,4,7-12,14H2,1H3. The number of aryl methyl sites for hydroxylation is 1. The molecule has 0 spiro atoms. The van der Waals surface area contributed by atoms with Gasteiger partial charge in [0.15, 0.2) is 5.43 Å². The van der Waals surface area contributed by atoms with Gasteiger partial charge in [-0.1, -0.05) is 12.1 Å². The maximum atomic E-state index is 13.1. The Labute approximate surface area is 163 Å². The van der Waals surface area contributed by atoms with E-state index in [9.17, 15) is 14.4 Å². The topological polar surface area (TPSA) is 71.9 Å². The summed E-state index contributed by atoms with van der Waals surface area (Å²) >= 11 is 0. The van der Waals surface area contributed by atoms with Gasteiger partial charge in [0.05, 0.1) is 18.7 Å². The van der Waals surface area contributed by atoms with Gasteiger partial charge < -0.3 is 19.1 Å². The van der Waals surface area contributed by atoms with Gasteiger partial charge in [-0.25, -0.2) is 0 Å². The lowest BCUT2D eigenvalue weighted by Gasteiger charge is -2.32. The van der Waals surface area contributed by atoms with Gasteiger partial charge in [-0.05, 0) is 31.9 Å². The largest absolute Gasteiger partial charge is 0.378 e. The number of hydrogen-bond acceptors (Lipinski definition) is 4. The van der Waals surface area contributed by atoms with Crippen LogP contribution in [0.5, 0.6) is 0 Å². The highest BCUT2D eigenvalue weighted by molar-refractivity contribution is 5.89. The molecule has 2 aromatic rings. The van der Waals surface area contributed by atoms with E-state index in [1.54, 1.807) is 21.9 Å². The number of morpholine rings is 1. The van der Waals surface area contributed by atoms with Crippen molar-refractivity contribution in [2.24, 2.45) is 0 Å². The minimum atomic E-state index is -0.392. The van der Waals surface area contributed by atoms with Gasteiger partial charge in [0.2, 0.25) is 11.8 Å². The number of fused-ring (bicyclic) bond motifs is 1. The fourth-order valence-corrected chi connectivity index (χ4v) is 4.21. The summed E-state index contributed by atoms with van der Waals surface area (Å²) in [4.78, 5) is 41.8. The Balaban J connectivity index is 1.57. The van der Waals surface area contributed by atoms with Crippen LogP contribution in [0.25, 0.3) is 10.9 Å². The number of pyridine rings is 1. The average molecular weight is 383 g/mol. The molecule has 0 bridgehead atoms. The van der Waals surface area contributed by atoms with Crippen LogP contribution >= 0.6 is 0 Å². The van der Waals surface area contributed by atoms with E-state index in [0.717, 1.165) is 17.6 Å². The first-order chi connectivity index (χ1) is 13.6. The van der Waals surface area contributed by atoms with Crippen LogP contribution in [0.1, 0.15) is 18.5 Å². The van der Waals surface area contributed by atoms with Gasteiger partial charge in [0, 0.05) is 36.8 Å². The fraction of sp³-hybridized carbons (Fsp3) is 0.476. The molecule has 1 unspecified atom stereocenters. The Bertz CT molecular complexity index is 962. The Morgan fingerprint density at radius 3 is 2.68 bits per heavy atom. The summed E-state index contributed by atoms with van der Waals surface area (Å²) < 4.78 is 7.19. The SMILES string of the molecule is Cc1cc(=O)c2ccccc2n1CC(=O)N1CCCC1C(=O)N1CCOCC1. The van der Waals surface area contributed by atoms with Crippen LogP contribution in [0, 0.1) is 6.92 Å². The maximum Gasteiger partial charge on any atom is 0.245 e. The normalized spacial score (nSPS) is 20.0. The van der Waals surface area contributed by atoms with Crippen LogP contribution < -0.4 is 5.43 Å². The number of ether oxygens (including phenoxy) is 1. The van der Waals surface area contributed by atoms with Crippen molar-refractivity contribution in [3.8, 4) is 0 Å². The zero-order valence-corrected chi connectivity index (χ0v) is 16.1. The number of carbonyl (C=O) groups excluding carboxylic acids is 2. The molecule has 2 aliphatic heterocycles. The van der Waals surface area contributed by atoms with E-state index in [1.165, 1.54) is 0 Å². The van der Waals surface area contributed by atoms with E-state index >= 15 is 0 Å². The van der Waals surface area contributed by atoms with Gasteiger partial charge >= 0.3 is 0 Å². The van der Waals surface area contributed by atoms with Gasteiger partial charge in [-0.3, -0.25) is 14.4 Å². The zero-order chi connectivity index (χ0) is 19.7. The predicted molar refractivity (Wildman–Crippen MR) is 105 cm³/mol. The molecular weight excluding hydrogens is 358 g/mol. The van der Waals surface area contributed by atoms with Crippen LogP contribution in [0.15, 0.2) is 35.1 Å². The van der Waals surface area contributed by atoms with Crippen molar-refractivity contribution >= 4 is 22.7 Å². The van der Waals surface area contributed by atoms with Crippen LogP contribution in [-0.4, -0.2) is 65.1 Å². The number of hydrogen-bond donors (Lipinski definition) is 0. The number of aromatic nitrogens is 1. The molecule has 1 aromatic carbocycles. The van der Waals surface area contributed by atoms with Crippen LogP contribution in [0.2, 0.25) is 0 Å². The first kappa shape index (κ1) is 18.7. The zero-order valence-electron chi connectivity index (χ0n) is 16.1. The molecule has 2 amide bonds. The van der Waals surface area contributed by atoms with Crippen molar-refractivity contribution in [2.75, 3.05) is 32.8 Å². The summed E-state index contributed by atoms with van der Waals surface area (Å²) in [7, 11) is 0. The summed E-state index contributed by atoms with van der Waals surface area (Å²) in [6, 6.07) is 8.49. The third kappa shape index (κ3) is 3.42. The Hall–Kier alpha value is -2.67. The highest BCUT2D eigenvalue weighted by atomic mass is 16.5. The van der Waals surface area contributed by atoms with Crippen molar-refractivity contribution in [3.63, 3.8) is 0 Å². The molecule has 2 aliphatic rings. The van der Waals surface area contributed by atoms with Crippen molar-refractivity contribution in [1.82, 2.24) is 14.4 Å². The van der Waals surface area contributed by atoms with Crippen molar-refractivity contribution in [2.45, 2.75) is 32.4 Å². The number of amides is 2. The molecule has 0 radical (unpaired) electrons. The van der Waals surface area contributed by atoms with Gasteiger partial charge in [0.1, 0.15) is 12.6 Å². The van der Waals surface area contributed by atoms with E-state index in [4.69, 9.17) is 4.74 Å². The summed E-state index contributed by atoms with van der Waals surface area (Å²) in [5, 5.41) is 0.600. The van der Waals surface area contributed by atoms with E-state index in [1.807, 2.05) is 29.7 Å². The quantitative estimate of drug-likeness (QED) is 0.797. The predicted octanol–water partition coefficient (Wildman–Crippen LogP) is 1.16. The lowest BCUT2D eigenvalue weighted by atomic mass is 10.1. The van der Waals surface area contributed by atoms with E-state index in [2.05, 4.69) is 0 Å². The molecule has 0 saturated carbocycles. The molecule has 3 heterocycles. The third-order valence-electron chi connectivity index (χ3n) is 5.70. The Kier molecular flexibility index (Phi) is 5.17. The van der Waals surface area contributed by atoms with E-state index < -0.39 is 6.04 Å². The smallest absolute Gasteiger partial charge is 0.245 e.